The van der Waals surface area contributed by atoms with Gasteiger partial charge in [-0.05, 0) is 74.0 Å². The molecule has 2 saturated carbocycles. The fraction of sp³-hybridized carbons (Fsp3) is 1.00. The van der Waals surface area contributed by atoms with E-state index in [9.17, 15) is 0 Å². The Morgan fingerprint density at radius 1 is 0.680 bits per heavy atom. The molecule has 0 aliphatic heterocycles. The summed E-state index contributed by atoms with van der Waals surface area (Å²) in [5, 5.41) is 0. The van der Waals surface area contributed by atoms with Gasteiger partial charge in [0.25, 0.3) is 0 Å². The number of hydrogen-bond donors (Lipinski definition) is 0. The van der Waals surface area contributed by atoms with Crippen molar-refractivity contribution in [1.29, 1.82) is 0 Å². The highest BCUT2D eigenvalue weighted by atomic mass is 35.5. The number of alkyl halides is 2. The van der Waals surface area contributed by atoms with Crippen molar-refractivity contribution >= 4 is 23.2 Å². The van der Waals surface area contributed by atoms with E-state index in [1.807, 2.05) is 0 Å². The number of rotatable bonds is 4. The molecule has 0 saturated heterocycles. The molecule has 2 aliphatic rings. The molecule has 0 aromatic carbocycles. The molecule has 0 heterocycles. The van der Waals surface area contributed by atoms with Crippen LogP contribution >= 0.6 is 23.2 Å². The highest BCUT2D eigenvalue weighted by Gasteiger charge is 2.47. The second-order valence-corrected chi connectivity index (χ2v) is 11.6. The third-order valence-electron chi connectivity index (χ3n) is 7.16. The molecule has 0 spiro atoms. The average Bonchev–Trinajstić information content (AvgIpc) is 2.54. The normalized spacial score (nSPS) is 37.9. The minimum absolute atomic E-state index is 0.160. The number of hydrogen-bond acceptors (Lipinski definition) is 1. The monoisotopic (exact) mass is 390 g/mol. The van der Waals surface area contributed by atoms with Crippen LogP contribution in [0.15, 0.2) is 0 Å². The van der Waals surface area contributed by atoms with E-state index in [0.717, 1.165) is 37.5 Å². The summed E-state index contributed by atoms with van der Waals surface area (Å²) in [4.78, 5) is 0. The lowest BCUT2D eigenvalue weighted by atomic mass is 9.67. The van der Waals surface area contributed by atoms with E-state index >= 15 is 0 Å². The van der Waals surface area contributed by atoms with E-state index in [4.69, 9.17) is 27.9 Å². The Hall–Kier alpha value is 0.540. The summed E-state index contributed by atoms with van der Waals surface area (Å²) in [5.41, 5.74) is 0.445. The van der Waals surface area contributed by atoms with Crippen LogP contribution in [0.5, 0.6) is 0 Å². The van der Waals surface area contributed by atoms with E-state index in [-0.39, 0.29) is 11.2 Å². The standard InChI is InChI=1S/C22H40Cl2O/c1-19(2,3)17-7-11-21(15-23,12-8-17)25-22(16-24)13-9-18(10-14-22)20(4,5)6/h17-18H,7-16H2,1-6H3. The van der Waals surface area contributed by atoms with E-state index in [1.54, 1.807) is 0 Å². The average molecular weight is 391 g/mol. The lowest BCUT2D eigenvalue weighted by Crippen LogP contribution is -2.51. The Bertz CT molecular complexity index is 376. The molecule has 0 atom stereocenters. The van der Waals surface area contributed by atoms with Gasteiger partial charge in [-0.15, -0.1) is 23.2 Å². The molecule has 3 heteroatoms. The lowest BCUT2D eigenvalue weighted by molar-refractivity contribution is -0.176. The van der Waals surface area contributed by atoms with Gasteiger partial charge in [0.2, 0.25) is 0 Å². The quantitative estimate of drug-likeness (QED) is 0.453. The summed E-state index contributed by atoms with van der Waals surface area (Å²) < 4.78 is 6.86. The van der Waals surface area contributed by atoms with Gasteiger partial charge in [-0.1, -0.05) is 41.5 Å². The van der Waals surface area contributed by atoms with Gasteiger partial charge in [-0.25, -0.2) is 0 Å². The molecule has 148 valence electrons. The molecular weight excluding hydrogens is 351 g/mol. The van der Waals surface area contributed by atoms with E-state index in [0.29, 0.717) is 22.6 Å². The molecule has 25 heavy (non-hydrogen) atoms. The minimum atomic E-state index is -0.160. The van der Waals surface area contributed by atoms with Crippen LogP contribution in [-0.2, 0) is 4.74 Å². The van der Waals surface area contributed by atoms with Crippen LogP contribution in [0.1, 0.15) is 92.9 Å². The lowest BCUT2D eigenvalue weighted by Gasteiger charge is -2.50. The van der Waals surface area contributed by atoms with Crippen molar-refractivity contribution in [3.05, 3.63) is 0 Å². The Balaban J connectivity index is 2.03. The molecule has 0 radical (unpaired) electrons. The predicted octanol–water partition coefficient (Wildman–Crippen LogP) is 7.43. The van der Waals surface area contributed by atoms with Crippen molar-refractivity contribution in [2.24, 2.45) is 22.7 Å². The third kappa shape index (κ3) is 5.29. The van der Waals surface area contributed by atoms with Crippen molar-refractivity contribution < 1.29 is 4.74 Å². The highest BCUT2D eigenvalue weighted by molar-refractivity contribution is 6.19. The van der Waals surface area contributed by atoms with Gasteiger partial charge in [0.15, 0.2) is 0 Å². The largest absolute Gasteiger partial charge is 0.366 e. The molecule has 0 aromatic rings. The highest BCUT2D eigenvalue weighted by Crippen LogP contribution is 2.49. The summed E-state index contributed by atoms with van der Waals surface area (Å²) in [6.45, 7) is 14.2. The number of halogens is 2. The summed E-state index contributed by atoms with van der Waals surface area (Å²) in [6, 6.07) is 0. The second-order valence-electron chi connectivity index (χ2n) is 11.0. The van der Waals surface area contributed by atoms with Crippen molar-refractivity contribution in [3.8, 4) is 0 Å². The van der Waals surface area contributed by atoms with E-state index in [2.05, 4.69) is 41.5 Å². The van der Waals surface area contributed by atoms with Gasteiger partial charge in [-0.3, -0.25) is 0 Å². The van der Waals surface area contributed by atoms with E-state index in [1.165, 1.54) is 25.7 Å². The molecular formula is C22H40Cl2O. The number of ether oxygens (including phenoxy) is 1. The van der Waals surface area contributed by atoms with Crippen LogP contribution < -0.4 is 0 Å². The van der Waals surface area contributed by atoms with Crippen LogP contribution in [0.25, 0.3) is 0 Å². The van der Waals surface area contributed by atoms with Crippen LogP contribution in [0.3, 0.4) is 0 Å². The topological polar surface area (TPSA) is 9.23 Å². The molecule has 2 aliphatic carbocycles. The molecule has 2 rings (SSSR count). The maximum absolute atomic E-state index is 6.86. The third-order valence-corrected chi connectivity index (χ3v) is 8.14. The SMILES string of the molecule is CC(C)(C)C1CCC(CCl)(OC2(CCl)CCC(C(C)(C)C)CC2)CC1. The molecule has 0 bridgehead atoms. The van der Waals surface area contributed by atoms with Crippen LogP contribution in [0.2, 0.25) is 0 Å². The Morgan fingerprint density at radius 2 is 0.960 bits per heavy atom. The second kappa shape index (κ2) is 7.88. The molecule has 0 N–H and O–H groups in total. The zero-order valence-electron chi connectivity index (χ0n) is 17.4. The maximum atomic E-state index is 6.86. The van der Waals surface area contributed by atoms with Crippen LogP contribution in [0.4, 0.5) is 0 Å². The first kappa shape index (κ1) is 21.8. The Kier molecular flexibility index (Phi) is 6.88. The molecule has 2 fully saturated rings. The first-order chi connectivity index (χ1) is 11.5. The first-order valence-electron chi connectivity index (χ1n) is 10.3. The smallest absolute Gasteiger partial charge is 0.0825 e. The minimum Gasteiger partial charge on any atom is -0.366 e. The zero-order valence-corrected chi connectivity index (χ0v) is 18.9. The summed E-state index contributed by atoms with van der Waals surface area (Å²) >= 11 is 12.9. The maximum Gasteiger partial charge on any atom is 0.0825 e. The Labute approximate surface area is 166 Å². The van der Waals surface area contributed by atoms with Gasteiger partial charge < -0.3 is 4.74 Å². The fourth-order valence-electron chi connectivity index (χ4n) is 5.01. The van der Waals surface area contributed by atoms with Gasteiger partial charge in [-0.2, -0.15) is 0 Å². The summed E-state index contributed by atoms with van der Waals surface area (Å²) in [5.74, 6) is 2.75. The molecule has 0 amide bonds. The van der Waals surface area contributed by atoms with Crippen LogP contribution in [-0.4, -0.2) is 23.0 Å². The Morgan fingerprint density at radius 3 is 1.16 bits per heavy atom. The van der Waals surface area contributed by atoms with Crippen molar-refractivity contribution in [1.82, 2.24) is 0 Å². The van der Waals surface area contributed by atoms with E-state index < -0.39 is 0 Å². The molecule has 0 aromatic heterocycles. The van der Waals surface area contributed by atoms with Gasteiger partial charge in [0.05, 0.1) is 23.0 Å². The zero-order chi connectivity index (χ0) is 18.9. The van der Waals surface area contributed by atoms with Crippen molar-refractivity contribution in [2.75, 3.05) is 11.8 Å². The van der Waals surface area contributed by atoms with Crippen molar-refractivity contribution in [2.45, 2.75) is 104 Å². The van der Waals surface area contributed by atoms with Crippen molar-refractivity contribution in [3.63, 3.8) is 0 Å². The predicted molar refractivity (Wildman–Crippen MR) is 111 cm³/mol. The summed E-state index contributed by atoms with van der Waals surface area (Å²) in [6.07, 6.45) is 9.22. The molecule has 0 unspecified atom stereocenters. The summed E-state index contributed by atoms with van der Waals surface area (Å²) in [7, 11) is 0. The van der Waals surface area contributed by atoms with Gasteiger partial charge >= 0.3 is 0 Å². The first-order valence-corrected chi connectivity index (χ1v) is 11.3. The van der Waals surface area contributed by atoms with Gasteiger partial charge in [0.1, 0.15) is 0 Å². The van der Waals surface area contributed by atoms with Crippen LogP contribution in [0, 0.1) is 22.7 Å². The molecule has 1 nitrogen and oxygen atoms in total. The fourth-order valence-corrected chi connectivity index (χ4v) is 5.65. The van der Waals surface area contributed by atoms with Gasteiger partial charge in [0, 0.05) is 0 Å².